The molecule has 0 aliphatic carbocycles. The fraction of sp³-hybridized carbons (Fsp3) is 0.250. The molecule has 1 unspecified atom stereocenters. The highest BCUT2D eigenvalue weighted by Crippen LogP contribution is 2.21. The lowest BCUT2D eigenvalue weighted by Crippen LogP contribution is -2.46. The predicted octanol–water partition coefficient (Wildman–Crippen LogP) is 1.23. The molecule has 17 heavy (non-hydrogen) atoms. The highest BCUT2D eigenvalue weighted by atomic mass is 35.5. The highest BCUT2D eigenvalue weighted by Gasteiger charge is 2.37. The Kier molecular flexibility index (Phi) is 3.24. The fourth-order valence-electron chi connectivity index (χ4n) is 1.78. The van der Waals surface area contributed by atoms with Crippen LogP contribution in [0.2, 0.25) is 5.02 Å². The summed E-state index contributed by atoms with van der Waals surface area (Å²) >= 11 is 5.87. The maximum atomic E-state index is 12.1. The Morgan fingerprint density at radius 3 is 2.65 bits per heavy atom. The quantitative estimate of drug-likeness (QED) is 0.635. The number of ketones is 2. The molecule has 5 heteroatoms. The number of halogens is 1. The van der Waals surface area contributed by atoms with Gasteiger partial charge in [-0.25, -0.2) is 0 Å². The van der Waals surface area contributed by atoms with Gasteiger partial charge in [-0.15, -0.1) is 0 Å². The number of carbonyl (C=O) groups excluding carboxylic acids is 3. The lowest BCUT2D eigenvalue weighted by Gasteiger charge is -2.19. The summed E-state index contributed by atoms with van der Waals surface area (Å²) < 4.78 is 0. The monoisotopic (exact) mass is 251 g/mol. The van der Waals surface area contributed by atoms with E-state index in [9.17, 15) is 14.4 Å². The molecule has 1 aromatic rings. The topological polar surface area (TPSA) is 63.2 Å². The number of Topliss-reactive ketones (excluding diaryl/α,β-unsaturated/α-hetero) is 2. The van der Waals surface area contributed by atoms with Gasteiger partial charge in [-0.05, 0) is 12.1 Å². The first-order valence-corrected chi connectivity index (χ1v) is 5.58. The van der Waals surface area contributed by atoms with Crippen LogP contribution in [0.25, 0.3) is 0 Å². The van der Waals surface area contributed by atoms with Crippen molar-refractivity contribution < 1.29 is 14.4 Å². The minimum atomic E-state index is -1.25. The third-order valence-electron chi connectivity index (χ3n) is 2.66. The Morgan fingerprint density at radius 1 is 1.29 bits per heavy atom. The molecule has 0 saturated carbocycles. The van der Waals surface area contributed by atoms with Gasteiger partial charge in [-0.2, -0.15) is 0 Å². The van der Waals surface area contributed by atoms with Gasteiger partial charge in [0.05, 0.1) is 5.02 Å². The van der Waals surface area contributed by atoms with Crippen LogP contribution in [0.5, 0.6) is 0 Å². The molecule has 1 heterocycles. The van der Waals surface area contributed by atoms with Crippen LogP contribution in [0.4, 0.5) is 0 Å². The molecule has 1 atom stereocenters. The second-order valence-electron chi connectivity index (χ2n) is 3.78. The van der Waals surface area contributed by atoms with Crippen LogP contribution in [-0.4, -0.2) is 24.0 Å². The van der Waals surface area contributed by atoms with Crippen molar-refractivity contribution in [3.8, 4) is 0 Å². The van der Waals surface area contributed by atoms with E-state index < -0.39 is 17.6 Å². The normalized spacial score (nSPS) is 19.9. The summed E-state index contributed by atoms with van der Waals surface area (Å²) in [7, 11) is 0. The molecule has 1 aliphatic rings. The molecule has 1 amide bonds. The van der Waals surface area contributed by atoms with Gasteiger partial charge in [0.1, 0.15) is 0 Å². The first kappa shape index (κ1) is 11.8. The van der Waals surface area contributed by atoms with E-state index in [2.05, 4.69) is 5.32 Å². The second kappa shape index (κ2) is 4.67. The Labute approximate surface area is 103 Å². The molecule has 1 N–H and O–H groups in total. The molecule has 0 bridgehead atoms. The molecular formula is C12H10ClNO3. The van der Waals surface area contributed by atoms with Crippen molar-refractivity contribution >= 4 is 29.1 Å². The number of piperidine rings is 1. The summed E-state index contributed by atoms with van der Waals surface area (Å²) in [5.74, 6) is -2.66. The number of benzene rings is 1. The highest BCUT2D eigenvalue weighted by molar-refractivity contribution is 6.36. The van der Waals surface area contributed by atoms with Crippen molar-refractivity contribution in [3.63, 3.8) is 0 Å². The Balaban J connectivity index is 2.34. The standard InChI is InChI=1S/C12H10ClNO3/c13-8-4-2-1-3-7(8)11(16)10-9(15)5-6-14-12(10)17/h1-4,10H,5-6H2,(H,14,17). The minimum absolute atomic E-state index is 0.187. The van der Waals surface area contributed by atoms with Crippen molar-refractivity contribution in [3.05, 3.63) is 34.9 Å². The zero-order chi connectivity index (χ0) is 12.4. The van der Waals surface area contributed by atoms with Crippen molar-refractivity contribution in [1.82, 2.24) is 5.32 Å². The summed E-state index contributed by atoms with van der Waals surface area (Å²) in [5, 5.41) is 2.76. The average molecular weight is 252 g/mol. The molecule has 2 rings (SSSR count). The summed E-state index contributed by atoms with van der Waals surface area (Å²) in [6.07, 6.45) is 0.187. The maximum absolute atomic E-state index is 12.1. The summed E-state index contributed by atoms with van der Waals surface area (Å²) in [4.78, 5) is 35.2. The smallest absolute Gasteiger partial charge is 0.238 e. The summed E-state index contributed by atoms with van der Waals surface area (Å²) in [6.45, 7) is 0.296. The van der Waals surface area contributed by atoms with Gasteiger partial charge in [0.25, 0.3) is 0 Å². The van der Waals surface area contributed by atoms with Crippen molar-refractivity contribution in [2.45, 2.75) is 6.42 Å². The zero-order valence-electron chi connectivity index (χ0n) is 8.90. The number of amides is 1. The van der Waals surface area contributed by atoms with E-state index in [1.54, 1.807) is 18.2 Å². The van der Waals surface area contributed by atoms with E-state index in [0.717, 1.165) is 0 Å². The Bertz CT molecular complexity index is 482. The average Bonchev–Trinajstić information content (AvgIpc) is 2.29. The van der Waals surface area contributed by atoms with Crippen LogP contribution >= 0.6 is 11.6 Å². The molecule has 1 aromatic carbocycles. The molecule has 1 saturated heterocycles. The van der Waals surface area contributed by atoms with E-state index in [1.807, 2.05) is 0 Å². The second-order valence-corrected chi connectivity index (χ2v) is 4.19. The number of rotatable bonds is 2. The maximum Gasteiger partial charge on any atom is 0.238 e. The third-order valence-corrected chi connectivity index (χ3v) is 2.99. The van der Waals surface area contributed by atoms with Crippen LogP contribution in [0.15, 0.2) is 24.3 Å². The molecule has 4 nitrogen and oxygen atoms in total. The summed E-state index contributed by atoms with van der Waals surface area (Å²) in [5.41, 5.74) is 0.213. The number of carbonyl (C=O) groups is 3. The minimum Gasteiger partial charge on any atom is -0.355 e. The molecule has 0 radical (unpaired) electrons. The van der Waals surface area contributed by atoms with Gasteiger partial charge < -0.3 is 5.32 Å². The van der Waals surface area contributed by atoms with Crippen LogP contribution < -0.4 is 5.32 Å². The summed E-state index contributed by atoms with van der Waals surface area (Å²) in [6, 6.07) is 6.39. The number of nitrogens with one attached hydrogen (secondary N) is 1. The van der Waals surface area contributed by atoms with Crippen LogP contribution in [-0.2, 0) is 9.59 Å². The third kappa shape index (κ3) is 2.22. The van der Waals surface area contributed by atoms with Gasteiger partial charge >= 0.3 is 0 Å². The zero-order valence-corrected chi connectivity index (χ0v) is 9.66. The Hall–Kier alpha value is -1.68. The van der Waals surface area contributed by atoms with Crippen LogP contribution in [0, 0.1) is 5.92 Å². The van der Waals surface area contributed by atoms with Crippen LogP contribution in [0.3, 0.4) is 0 Å². The van der Waals surface area contributed by atoms with Gasteiger partial charge in [0, 0.05) is 18.5 Å². The number of hydrogen-bond acceptors (Lipinski definition) is 3. The van der Waals surface area contributed by atoms with Gasteiger partial charge in [0.15, 0.2) is 17.5 Å². The molecular weight excluding hydrogens is 242 g/mol. The van der Waals surface area contributed by atoms with Crippen LogP contribution in [0.1, 0.15) is 16.8 Å². The fourth-order valence-corrected chi connectivity index (χ4v) is 2.01. The van der Waals surface area contributed by atoms with Gasteiger partial charge in [-0.3, -0.25) is 14.4 Å². The molecule has 0 spiro atoms. The first-order chi connectivity index (χ1) is 8.11. The SMILES string of the molecule is O=C1CCNC(=O)C1C(=O)c1ccccc1Cl. The van der Waals surface area contributed by atoms with E-state index in [4.69, 9.17) is 11.6 Å². The predicted molar refractivity (Wildman–Crippen MR) is 61.9 cm³/mol. The first-order valence-electron chi connectivity index (χ1n) is 5.20. The molecule has 1 aliphatic heterocycles. The Morgan fingerprint density at radius 2 is 2.00 bits per heavy atom. The van der Waals surface area contributed by atoms with Crippen molar-refractivity contribution in [2.75, 3.05) is 6.54 Å². The van der Waals surface area contributed by atoms with E-state index >= 15 is 0 Å². The molecule has 0 aromatic heterocycles. The van der Waals surface area contributed by atoms with E-state index in [-0.39, 0.29) is 22.8 Å². The largest absolute Gasteiger partial charge is 0.355 e. The molecule has 88 valence electrons. The van der Waals surface area contributed by atoms with Crippen molar-refractivity contribution in [2.24, 2.45) is 5.92 Å². The molecule has 1 fully saturated rings. The number of hydrogen-bond donors (Lipinski definition) is 1. The van der Waals surface area contributed by atoms with Crippen molar-refractivity contribution in [1.29, 1.82) is 0 Å². The van der Waals surface area contributed by atoms with E-state index in [0.29, 0.717) is 6.54 Å². The lowest BCUT2D eigenvalue weighted by atomic mass is 9.89. The lowest BCUT2D eigenvalue weighted by molar-refractivity contribution is -0.134. The van der Waals surface area contributed by atoms with Gasteiger partial charge in [0.2, 0.25) is 5.91 Å². The van der Waals surface area contributed by atoms with E-state index in [1.165, 1.54) is 6.07 Å². The van der Waals surface area contributed by atoms with Gasteiger partial charge in [-0.1, -0.05) is 23.7 Å².